The SMILES string of the molecule is O=C(OCc1c(F)cccc1Cl)c1sccc1S(=O)(=O)N1CCSCC1. The molecule has 0 spiro atoms. The third-order valence-corrected chi connectivity index (χ3v) is 8.07. The molecule has 1 aromatic carbocycles. The monoisotopic (exact) mass is 435 g/mol. The summed E-state index contributed by atoms with van der Waals surface area (Å²) in [6.45, 7) is 0.437. The Morgan fingerprint density at radius 3 is 2.69 bits per heavy atom. The lowest BCUT2D eigenvalue weighted by Gasteiger charge is -2.25. The molecule has 5 nitrogen and oxygen atoms in total. The Balaban J connectivity index is 1.78. The molecule has 1 aliphatic heterocycles. The Bertz CT molecular complexity index is 890. The Hall–Kier alpha value is -1.13. The number of hydrogen-bond donors (Lipinski definition) is 0. The lowest BCUT2D eigenvalue weighted by molar-refractivity contribution is 0.0470. The van der Waals surface area contributed by atoms with Gasteiger partial charge in [0, 0.05) is 30.2 Å². The van der Waals surface area contributed by atoms with Crippen molar-refractivity contribution in [2.75, 3.05) is 24.6 Å². The van der Waals surface area contributed by atoms with Gasteiger partial charge >= 0.3 is 5.97 Å². The van der Waals surface area contributed by atoms with Gasteiger partial charge in [-0.2, -0.15) is 16.1 Å². The lowest BCUT2D eigenvalue weighted by Crippen LogP contribution is -2.38. The Kier molecular flexibility index (Phi) is 6.24. The highest BCUT2D eigenvalue weighted by Crippen LogP contribution is 2.28. The van der Waals surface area contributed by atoms with Gasteiger partial charge in [0.2, 0.25) is 10.0 Å². The van der Waals surface area contributed by atoms with Crippen LogP contribution < -0.4 is 0 Å². The van der Waals surface area contributed by atoms with Crippen LogP contribution in [-0.2, 0) is 21.4 Å². The largest absolute Gasteiger partial charge is 0.456 e. The van der Waals surface area contributed by atoms with Crippen LogP contribution in [0.4, 0.5) is 4.39 Å². The van der Waals surface area contributed by atoms with Crippen molar-refractivity contribution in [3.8, 4) is 0 Å². The minimum absolute atomic E-state index is 0.0179. The van der Waals surface area contributed by atoms with E-state index in [4.69, 9.17) is 16.3 Å². The molecule has 140 valence electrons. The third-order valence-electron chi connectivity index (χ3n) is 3.81. The third kappa shape index (κ3) is 4.07. The van der Waals surface area contributed by atoms with Gasteiger partial charge in [0.25, 0.3) is 0 Å². The first-order chi connectivity index (χ1) is 12.4. The van der Waals surface area contributed by atoms with Crippen LogP contribution in [0, 0.1) is 5.82 Å². The number of nitrogens with zero attached hydrogens (tertiary/aromatic N) is 1. The van der Waals surface area contributed by atoms with Crippen LogP contribution in [0.3, 0.4) is 0 Å². The highest BCUT2D eigenvalue weighted by atomic mass is 35.5. The van der Waals surface area contributed by atoms with E-state index in [0.717, 1.165) is 22.8 Å². The lowest BCUT2D eigenvalue weighted by atomic mass is 10.2. The van der Waals surface area contributed by atoms with Gasteiger partial charge in [-0.3, -0.25) is 0 Å². The van der Waals surface area contributed by atoms with Crippen LogP contribution in [-0.4, -0.2) is 43.3 Å². The number of esters is 1. The van der Waals surface area contributed by atoms with Gasteiger partial charge in [-0.25, -0.2) is 17.6 Å². The highest BCUT2D eigenvalue weighted by Gasteiger charge is 2.31. The minimum Gasteiger partial charge on any atom is -0.456 e. The standard InChI is InChI=1S/C16H15ClFNO4S3/c17-12-2-1-3-13(18)11(12)10-23-16(20)15-14(4-7-25-15)26(21,22)19-5-8-24-9-6-19/h1-4,7H,5-6,8-10H2. The van der Waals surface area contributed by atoms with E-state index in [2.05, 4.69) is 0 Å². The molecule has 1 fully saturated rings. The van der Waals surface area contributed by atoms with E-state index in [1.807, 2.05) is 0 Å². The van der Waals surface area contributed by atoms with Gasteiger partial charge in [0.15, 0.2) is 0 Å². The number of thiophene rings is 1. The zero-order chi connectivity index (χ0) is 18.7. The fourth-order valence-corrected chi connectivity index (χ4v) is 6.53. The van der Waals surface area contributed by atoms with Gasteiger partial charge in [-0.05, 0) is 23.6 Å². The second-order valence-electron chi connectivity index (χ2n) is 5.41. The maximum absolute atomic E-state index is 13.8. The van der Waals surface area contributed by atoms with Crippen molar-refractivity contribution in [1.29, 1.82) is 0 Å². The molecule has 26 heavy (non-hydrogen) atoms. The molecular weight excluding hydrogens is 421 g/mol. The van der Waals surface area contributed by atoms with Crippen molar-refractivity contribution in [1.82, 2.24) is 4.31 Å². The second kappa shape index (κ2) is 8.26. The van der Waals surface area contributed by atoms with Crippen LogP contribution in [0.1, 0.15) is 15.2 Å². The normalized spacial score (nSPS) is 15.8. The van der Waals surface area contributed by atoms with E-state index in [9.17, 15) is 17.6 Å². The van der Waals surface area contributed by atoms with Crippen molar-refractivity contribution in [3.63, 3.8) is 0 Å². The smallest absolute Gasteiger partial charge is 0.350 e. The highest BCUT2D eigenvalue weighted by molar-refractivity contribution is 7.99. The van der Waals surface area contributed by atoms with Crippen LogP contribution in [0.2, 0.25) is 5.02 Å². The van der Waals surface area contributed by atoms with E-state index in [-0.39, 0.29) is 27.0 Å². The van der Waals surface area contributed by atoms with Crippen LogP contribution >= 0.6 is 34.7 Å². The van der Waals surface area contributed by atoms with Crippen LogP contribution in [0.25, 0.3) is 0 Å². The molecule has 2 aromatic rings. The molecular formula is C16H15ClFNO4S3. The zero-order valence-electron chi connectivity index (χ0n) is 13.5. The molecule has 0 unspecified atom stereocenters. The first kappa shape index (κ1) is 19.6. The maximum Gasteiger partial charge on any atom is 0.350 e. The summed E-state index contributed by atoms with van der Waals surface area (Å²) < 4.78 is 45.8. The second-order valence-corrected chi connectivity index (χ2v) is 9.86. The molecule has 1 saturated heterocycles. The first-order valence-electron chi connectivity index (χ1n) is 7.66. The number of rotatable bonds is 5. The fourth-order valence-electron chi connectivity index (χ4n) is 2.45. The Morgan fingerprint density at radius 2 is 2.00 bits per heavy atom. The number of carbonyl (C=O) groups excluding carboxylic acids is 1. The predicted octanol–water partition coefficient (Wildman–Crippen LogP) is 3.64. The number of carbonyl (C=O) groups is 1. The predicted molar refractivity (Wildman–Crippen MR) is 101 cm³/mol. The zero-order valence-corrected chi connectivity index (χ0v) is 16.7. The molecule has 0 saturated carbocycles. The van der Waals surface area contributed by atoms with Gasteiger partial charge in [-0.15, -0.1) is 11.3 Å². The molecule has 0 amide bonds. The average Bonchev–Trinajstić information content (AvgIpc) is 3.12. The molecule has 0 radical (unpaired) electrons. The van der Waals surface area contributed by atoms with Crippen LogP contribution in [0.5, 0.6) is 0 Å². The summed E-state index contributed by atoms with van der Waals surface area (Å²) in [4.78, 5) is 12.3. The molecule has 1 aliphatic rings. The minimum atomic E-state index is -3.76. The summed E-state index contributed by atoms with van der Waals surface area (Å²) in [6, 6.07) is 5.55. The summed E-state index contributed by atoms with van der Waals surface area (Å²) >= 11 is 8.58. The fraction of sp³-hybridized carbons (Fsp3) is 0.312. The summed E-state index contributed by atoms with van der Waals surface area (Å²) in [5.41, 5.74) is 0.0523. The van der Waals surface area contributed by atoms with Gasteiger partial charge in [-0.1, -0.05) is 17.7 Å². The number of halogens is 2. The van der Waals surface area contributed by atoms with Crippen molar-refractivity contribution < 1.29 is 22.3 Å². The van der Waals surface area contributed by atoms with Gasteiger partial charge < -0.3 is 4.74 Å². The van der Waals surface area contributed by atoms with E-state index in [1.165, 1.54) is 34.0 Å². The Morgan fingerprint density at radius 1 is 1.27 bits per heavy atom. The number of sulfonamides is 1. The average molecular weight is 436 g/mol. The summed E-state index contributed by atoms with van der Waals surface area (Å²) in [5.74, 6) is 0.0311. The van der Waals surface area contributed by atoms with E-state index >= 15 is 0 Å². The van der Waals surface area contributed by atoms with E-state index in [1.54, 1.807) is 11.8 Å². The molecule has 0 aliphatic carbocycles. The molecule has 0 N–H and O–H groups in total. The maximum atomic E-state index is 13.8. The quantitative estimate of drug-likeness (QED) is 0.671. The number of benzene rings is 1. The topological polar surface area (TPSA) is 63.7 Å². The number of ether oxygens (including phenoxy) is 1. The summed E-state index contributed by atoms with van der Waals surface area (Å²) in [5, 5.41) is 1.67. The molecule has 3 rings (SSSR count). The van der Waals surface area contributed by atoms with Gasteiger partial charge in [0.1, 0.15) is 22.2 Å². The number of thioether (sulfide) groups is 1. The number of hydrogen-bond acceptors (Lipinski definition) is 6. The van der Waals surface area contributed by atoms with E-state index < -0.39 is 21.8 Å². The van der Waals surface area contributed by atoms with Crippen molar-refractivity contribution in [3.05, 3.63) is 50.9 Å². The first-order valence-corrected chi connectivity index (χ1v) is 11.5. The summed E-state index contributed by atoms with van der Waals surface area (Å²) in [6.07, 6.45) is 0. The van der Waals surface area contributed by atoms with Crippen molar-refractivity contribution in [2.24, 2.45) is 0 Å². The molecule has 1 aromatic heterocycles. The molecule has 2 heterocycles. The van der Waals surface area contributed by atoms with E-state index in [0.29, 0.717) is 13.1 Å². The summed E-state index contributed by atoms with van der Waals surface area (Å²) in [7, 11) is -3.76. The Labute approximate surface area is 164 Å². The van der Waals surface area contributed by atoms with Gasteiger partial charge in [0.05, 0.1) is 5.02 Å². The molecule has 0 atom stereocenters. The van der Waals surface area contributed by atoms with Crippen molar-refractivity contribution >= 4 is 50.7 Å². The molecule has 0 bridgehead atoms. The van der Waals surface area contributed by atoms with Crippen molar-refractivity contribution in [2.45, 2.75) is 11.5 Å². The van der Waals surface area contributed by atoms with Crippen LogP contribution in [0.15, 0.2) is 34.5 Å². The molecule has 10 heteroatoms.